The zero-order chi connectivity index (χ0) is 16.7. The van der Waals surface area contributed by atoms with Crippen LogP contribution >= 0.6 is 0 Å². The lowest BCUT2D eigenvalue weighted by atomic mass is 9.95. The quantitative estimate of drug-likeness (QED) is 0.808. The summed E-state index contributed by atoms with van der Waals surface area (Å²) in [6.45, 7) is 6.58. The van der Waals surface area contributed by atoms with Crippen LogP contribution in [0.25, 0.3) is 0 Å². The summed E-state index contributed by atoms with van der Waals surface area (Å²) in [5.74, 6) is 0.148. The minimum absolute atomic E-state index is 0.0514. The van der Waals surface area contributed by atoms with Crippen molar-refractivity contribution in [3.63, 3.8) is 0 Å². The summed E-state index contributed by atoms with van der Waals surface area (Å²) in [4.78, 5) is 14.5. The SMILES string of the molecule is CC(C)OCC(O)CN1CCC(C(=O)Nc2ccccc2)CC1. The Morgan fingerprint density at radius 3 is 2.57 bits per heavy atom. The molecule has 1 atom stereocenters. The van der Waals surface area contributed by atoms with Crippen LogP contribution in [0.1, 0.15) is 26.7 Å². The van der Waals surface area contributed by atoms with Crippen LogP contribution in [0.4, 0.5) is 5.69 Å². The van der Waals surface area contributed by atoms with Gasteiger partial charge in [0.15, 0.2) is 0 Å². The van der Waals surface area contributed by atoms with Crippen molar-refractivity contribution in [1.29, 1.82) is 0 Å². The third-order valence-electron chi connectivity index (χ3n) is 4.09. The summed E-state index contributed by atoms with van der Waals surface area (Å²) in [6.07, 6.45) is 1.33. The van der Waals surface area contributed by atoms with E-state index in [-0.39, 0.29) is 17.9 Å². The number of ether oxygens (including phenoxy) is 1. The molecule has 1 aromatic carbocycles. The Morgan fingerprint density at radius 1 is 1.30 bits per heavy atom. The summed E-state index contributed by atoms with van der Waals surface area (Å²) >= 11 is 0. The minimum atomic E-state index is -0.466. The number of piperidine rings is 1. The number of nitrogens with one attached hydrogen (secondary N) is 1. The number of hydrogen-bond donors (Lipinski definition) is 2. The van der Waals surface area contributed by atoms with Gasteiger partial charge in [-0.15, -0.1) is 0 Å². The molecule has 1 aliphatic heterocycles. The van der Waals surface area contributed by atoms with E-state index in [1.807, 2.05) is 44.2 Å². The number of nitrogens with zero attached hydrogens (tertiary/aromatic N) is 1. The molecule has 1 fully saturated rings. The van der Waals surface area contributed by atoms with E-state index >= 15 is 0 Å². The van der Waals surface area contributed by atoms with Gasteiger partial charge >= 0.3 is 0 Å². The molecule has 0 spiro atoms. The first kappa shape index (κ1) is 17.9. The number of rotatable bonds is 7. The van der Waals surface area contributed by atoms with Crippen LogP contribution in [0.15, 0.2) is 30.3 Å². The number of anilines is 1. The molecule has 0 aromatic heterocycles. The molecular weight excluding hydrogens is 292 g/mol. The fraction of sp³-hybridized carbons (Fsp3) is 0.611. The van der Waals surface area contributed by atoms with E-state index in [1.165, 1.54) is 0 Å². The highest BCUT2D eigenvalue weighted by atomic mass is 16.5. The van der Waals surface area contributed by atoms with Crippen LogP contribution in [0.5, 0.6) is 0 Å². The fourth-order valence-corrected chi connectivity index (χ4v) is 2.80. The minimum Gasteiger partial charge on any atom is -0.389 e. The number of aliphatic hydroxyl groups is 1. The first-order valence-electron chi connectivity index (χ1n) is 8.42. The molecule has 0 aliphatic carbocycles. The van der Waals surface area contributed by atoms with Crippen LogP contribution in [0, 0.1) is 5.92 Å². The number of likely N-dealkylation sites (tertiary alicyclic amines) is 1. The molecule has 1 heterocycles. The monoisotopic (exact) mass is 320 g/mol. The molecule has 23 heavy (non-hydrogen) atoms. The van der Waals surface area contributed by atoms with Gasteiger partial charge in [-0.25, -0.2) is 0 Å². The number of β-amino-alcohol motifs (C(OH)–C–C–N with tert-alkyl or cyclic N) is 1. The van der Waals surface area contributed by atoms with Crippen LogP contribution in [0.3, 0.4) is 0 Å². The van der Waals surface area contributed by atoms with Crippen molar-refractivity contribution in [3.05, 3.63) is 30.3 Å². The number of carbonyl (C=O) groups excluding carboxylic acids is 1. The van der Waals surface area contributed by atoms with Crippen molar-refractivity contribution in [2.45, 2.75) is 38.9 Å². The second kappa shape index (κ2) is 9.01. The van der Waals surface area contributed by atoms with Gasteiger partial charge < -0.3 is 20.1 Å². The fourth-order valence-electron chi connectivity index (χ4n) is 2.80. The van der Waals surface area contributed by atoms with E-state index in [4.69, 9.17) is 4.74 Å². The van der Waals surface area contributed by atoms with Crippen molar-refractivity contribution in [2.24, 2.45) is 5.92 Å². The maximum absolute atomic E-state index is 12.3. The van der Waals surface area contributed by atoms with Gasteiger partial charge in [-0.2, -0.15) is 0 Å². The third-order valence-corrected chi connectivity index (χ3v) is 4.09. The zero-order valence-electron chi connectivity index (χ0n) is 14.1. The second-order valence-corrected chi connectivity index (χ2v) is 6.47. The van der Waals surface area contributed by atoms with E-state index < -0.39 is 6.10 Å². The molecule has 1 aromatic rings. The number of carbonyl (C=O) groups is 1. The number of benzene rings is 1. The Bertz CT molecular complexity index is 470. The maximum Gasteiger partial charge on any atom is 0.227 e. The first-order valence-corrected chi connectivity index (χ1v) is 8.42. The molecule has 2 rings (SSSR count). The molecule has 0 bridgehead atoms. The highest BCUT2D eigenvalue weighted by Gasteiger charge is 2.26. The van der Waals surface area contributed by atoms with Crippen molar-refractivity contribution in [2.75, 3.05) is 31.6 Å². The summed E-state index contributed by atoms with van der Waals surface area (Å²) < 4.78 is 5.43. The predicted octanol–water partition coefficient (Wildman–Crippen LogP) is 2.12. The Kier molecular flexibility index (Phi) is 7.02. The van der Waals surface area contributed by atoms with E-state index in [0.717, 1.165) is 31.6 Å². The van der Waals surface area contributed by atoms with Crippen LogP contribution < -0.4 is 5.32 Å². The van der Waals surface area contributed by atoms with Gasteiger partial charge in [0.05, 0.1) is 18.8 Å². The Hall–Kier alpha value is -1.43. The standard InChI is InChI=1S/C18H28N2O3/c1-14(2)23-13-17(21)12-20-10-8-15(9-11-20)18(22)19-16-6-4-3-5-7-16/h3-7,14-15,17,21H,8-13H2,1-2H3,(H,19,22). The Labute approximate surface area is 138 Å². The molecule has 1 aliphatic rings. The molecule has 1 unspecified atom stereocenters. The molecule has 1 saturated heterocycles. The average molecular weight is 320 g/mol. The molecule has 5 nitrogen and oxygen atoms in total. The van der Waals surface area contributed by atoms with Gasteiger partial charge in [0.25, 0.3) is 0 Å². The summed E-state index contributed by atoms with van der Waals surface area (Å²) in [7, 11) is 0. The molecule has 0 saturated carbocycles. The van der Waals surface area contributed by atoms with Gasteiger partial charge in [0.2, 0.25) is 5.91 Å². The van der Waals surface area contributed by atoms with E-state index in [0.29, 0.717) is 13.2 Å². The van der Waals surface area contributed by atoms with Gasteiger partial charge in [0, 0.05) is 18.2 Å². The van der Waals surface area contributed by atoms with Crippen LogP contribution in [-0.2, 0) is 9.53 Å². The highest BCUT2D eigenvalue weighted by molar-refractivity contribution is 5.92. The lowest BCUT2D eigenvalue weighted by Gasteiger charge is -2.32. The molecule has 2 N–H and O–H groups in total. The smallest absolute Gasteiger partial charge is 0.227 e. The van der Waals surface area contributed by atoms with E-state index in [2.05, 4.69) is 10.2 Å². The lowest BCUT2D eigenvalue weighted by molar-refractivity contribution is -0.121. The first-order chi connectivity index (χ1) is 11.0. The molecular formula is C18H28N2O3. The normalized spacial score (nSPS) is 18.1. The largest absolute Gasteiger partial charge is 0.389 e. The molecule has 1 amide bonds. The van der Waals surface area contributed by atoms with Crippen LogP contribution in [-0.4, -0.2) is 54.4 Å². The molecule has 128 valence electrons. The summed E-state index contributed by atoms with van der Waals surface area (Å²) in [6, 6.07) is 9.57. The maximum atomic E-state index is 12.3. The topological polar surface area (TPSA) is 61.8 Å². The number of aliphatic hydroxyl groups excluding tert-OH is 1. The second-order valence-electron chi connectivity index (χ2n) is 6.47. The van der Waals surface area contributed by atoms with Gasteiger partial charge in [0.1, 0.15) is 0 Å². The van der Waals surface area contributed by atoms with Crippen molar-refractivity contribution < 1.29 is 14.6 Å². The van der Waals surface area contributed by atoms with Crippen molar-refractivity contribution in [3.8, 4) is 0 Å². The summed E-state index contributed by atoms with van der Waals surface area (Å²) in [5, 5.41) is 12.9. The lowest BCUT2D eigenvalue weighted by Crippen LogP contribution is -2.42. The summed E-state index contributed by atoms with van der Waals surface area (Å²) in [5.41, 5.74) is 0.848. The van der Waals surface area contributed by atoms with Crippen molar-refractivity contribution in [1.82, 2.24) is 4.90 Å². The number of amides is 1. The van der Waals surface area contributed by atoms with E-state index in [9.17, 15) is 9.90 Å². The van der Waals surface area contributed by atoms with Gasteiger partial charge in [-0.1, -0.05) is 18.2 Å². The Balaban J connectivity index is 1.70. The molecule has 5 heteroatoms. The average Bonchev–Trinajstić information content (AvgIpc) is 2.54. The number of para-hydroxylation sites is 1. The zero-order valence-corrected chi connectivity index (χ0v) is 14.1. The highest BCUT2D eigenvalue weighted by Crippen LogP contribution is 2.19. The number of hydrogen-bond acceptors (Lipinski definition) is 4. The predicted molar refractivity (Wildman–Crippen MR) is 91.3 cm³/mol. The van der Waals surface area contributed by atoms with E-state index in [1.54, 1.807) is 0 Å². The third kappa shape index (κ3) is 6.29. The van der Waals surface area contributed by atoms with Gasteiger partial charge in [-0.05, 0) is 51.9 Å². The van der Waals surface area contributed by atoms with Crippen LogP contribution in [0.2, 0.25) is 0 Å². The van der Waals surface area contributed by atoms with Gasteiger partial charge in [-0.3, -0.25) is 4.79 Å². The Morgan fingerprint density at radius 2 is 1.96 bits per heavy atom. The molecule has 0 radical (unpaired) electrons. The van der Waals surface area contributed by atoms with Crippen molar-refractivity contribution >= 4 is 11.6 Å².